The Bertz CT molecular complexity index is 1740. The van der Waals surface area contributed by atoms with Crippen LogP contribution in [-0.2, 0) is 16.6 Å². The number of fused-ring (bicyclic) bond motifs is 1. The van der Waals surface area contributed by atoms with E-state index in [1.807, 2.05) is 63.2 Å². The number of carbonyl (C=O) groups is 1. The maximum absolute atomic E-state index is 10.8. The number of likely N-dealkylation sites (tertiary alicyclic amines) is 1. The maximum Gasteiger partial charge on any atom is 0.252 e. The van der Waals surface area contributed by atoms with Crippen molar-refractivity contribution in [3.05, 3.63) is 70.7 Å². The van der Waals surface area contributed by atoms with Gasteiger partial charge in [0, 0.05) is 68.9 Å². The van der Waals surface area contributed by atoms with Crippen LogP contribution in [0, 0.1) is 13.8 Å². The number of carbonyl (C=O) groups excluding carboxylic acids is 1. The fraction of sp³-hybridized carbons (Fsp3) is 0.375. The molecule has 0 unspecified atom stereocenters. The van der Waals surface area contributed by atoms with Gasteiger partial charge in [0.15, 0.2) is 5.82 Å². The van der Waals surface area contributed by atoms with Crippen LogP contribution < -0.4 is 21.5 Å². The zero-order chi connectivity index (χ0) is 32.9. The molecule has 0 atom stereocenters. The smallest absolute Gasteiger partial charge is 0.252 e. The van der Waals surface area contributed by atoms with Crippen molar-refractivity contribution in [1.82, 2.24) is 39.6 Å². The van der Waals surface area contributed by atoms with Crippen molar-refractivity contribution in [2.45, 2.75) is 26.7 Å². The average molecular weight is 630 g/mol. The molecular formula is C32H43N11O3. The third kappa shape index (κ3) is 9.22. The van der Waals surface area contributed by atoms with Crippen molar-refractivity contribution in [1.29, 1.82) is 0 Å². The molecule has 0 aliphatic carbocycles. The molecule has 4 aromatic heterocycles. The van der Waals surface area contributed by atoms with E-state index < -0.39 is 0 Å². The van der Waals surface area contributed by atoms with E-state index in [4.69, 9.17) is 9.72 Å². The highest BCUT2D eigenvalue weighted by Gasteiger charge is 2.14. The van der Waals surface area contributed by atoms with Gasteiger partial charge in [-0.15, -0.1) is 0 Å². The van der Waals surface area contributed by atoms with Crippen LogP contribution in [0.5, 0.6) is 0 Å². The highest BCUT2D eigenvalue weighted by molar-refractivity contribution is 6.01. The van der Waals surface area contributed by atoms with E-state index in [2.05, 4.69) is 52.0 Å². The van der Waals surface area contributed by atoms with E-state index in [-0.39, 0.29) is 5.56 Å². The van der Waals surface area contributed by atoms with Gasteiger partial charge in [0.2, 0.25) is 5.95 Å². The minimum absolute atomic E-state index is 0.162. The van der Waals surface area contributed by atoms with Crippen molar-refractivity contribution >= 4 is 40.5 Å². The summed E-state index contributed by atoms with van der Waals surface area (Å²) in [6.45, 7) is 8.15. The molecule has 0 spiro atoms. The Morgan fingerprint density at radius 3 is 2.57 bits per heavy atom. The molecule has 1 aliphatic heterocycles. The number of para-hydroxylation sites is 1. The summed E-state index contributed by atoms with van der Waals surface area (Å²) < 4.78 is 6.63. The predicted octanol–water partition coefficient (Wildman–Crippen LogP) is 3.87. The summed E-state index contributed by atoms with van der Waals surface area (Å²) in [5, 5.41) is 14.9. The van der Waals surface area contributed by atoms with Crippen LogP contribution >= 0.6 is 0 Å². The van der Waals surface area contributed by atoms with Crippen LogP contribution in [0.4, 0.5) is 23.3 Å². The molecule has 1 fully saturated rings. The minimum atomic E-state index is -0.162. The number of methoxy groups -OCH3 is 1. The average Bonchev–Trinajstić information content (AvgIpc) is 3.80. The first kappa shape index (κ1) is 33.8. The molecule has 46 heavy (non-hydrogen) atoms. The van der Waals surface area contributed by atoms with Crippen molar-refractivity contribution in [2.24, 2.45) is 7.05 Å². The van der Waals surface area contributed by atoms with Crippen molar-refractivity contribution < 1.29 is 9.53 Å². The molecule has 0 amide bonds. The van der Waals surface area contributed by atoms with Gasteiger partial charge in [-0.05, 0) is 51.4 Å². The first-order valence-corrected chi connectivity index (χ1v) is 15.2. The highest BCUT2D eigenvalue weighted by atomic mass is 16.5. The van der Waals surface area contributed by atoms with Crippen LogP contribution in [0.1, 0.15) is 24.1 Å². The molecule has 6 rings (SSSR count). The third-order valence-electron chi connectivity index (χ3n) is 7.39. The highest BCUT2D eigenvalue weighted by Crippen LogP contribution is 2.33. The summed E-state index contributed by atoms with van der Waals surface area (Å²) in [7, 11) is 5.45. The molecule has 0 bridgehead atoms. The Labute approximate surface area is 268 Å². The fourth-order valence-corrected chi connectivity index (χ4v) is 4.89. The quantitative estimate of drug-likeness (QED) is 0.112. The van der Waals surface area contributed by atoms with Crippen molar-refractivity contribution in [3.63, 3.8) is 0 Å². The number of anilines is 4. The van der Waals surface area contributed by atoms with E-state index in [9.17, 15) is 9.59 Å². The largest absolute Gasteiger partial charge is 0.386 e. The number of hydrogen-bond acceptors (Lipinski definition) is 11. The summed E-state index contributed by atoms with van der Waals surface area (Å²) >= 11 is 0. The molecule has 5 aromatic rings. The number of aryl methyl sites for hydroxylation is 3. The zero-order valence-corrected chi connectivity index (χ0v) is 27.1. The van der Waals surface area contributed by atoms with Gasteiger partial charge < -0.3 is 35.4 Å². The number of aldehydes is 1. The van der Waals surface area contributed by atoms with Gasteiger partial charge in [0.25, 0.3) is 5.56 Å². The predicted molar refractivity (Wildman–Crippen MR) is 182 cm³/mol. The number of nitrogens with zero attached hydrogens (tertiary/aromatic N) is 6. The van der Waals surface area contributed by atoms with Gasteiger partial charge in [-0.1, -0.05) is 12.1 Å². The molecule has 14 heteroatoms. The number of aromatic amines is 2. The van der Waals surface area contributed by atoms with Gasteiger partial charge in [-0.25, -0.2) is 15.0 Å². The Morgan fingerprint density at radius 1 is 1.09 bits per heavy atom. The SMILES string of the molecule is CNc1cccc2c(-c3nc(Nc4cc(C)n(C)n4)ncc3C)c[nH]c12.COCCNc1cc(=O)[nH]cn1.O=CCN1CCCC1. The first-order chi connectivity index (χ1) is 22.3. The lowest BCUT2D eigenvalue weighted by Crippen LogP contribution is -2.20. The van der Waals surface area contributed by atoms with Crippen LogP contribution in [0.3, 0.4) is 0 Å². The molecule has 5 N–H and O–H groups in total. The number of ether oxygens (including phenoxy) is 1. The van der Waals surface area contributed by atoms with Crippen LogP contribution in [0.2, 0.25) is 0 Å². The van der Waals surface area contributed by atoms with E-state index in [0.29, 0.717) is 31.5 Å². The summed E-state index contributed by atoms with van der Waals surface area (Å²) in [6, 6.07) is 9.55. The van der Waals surface area contributed by atoms with Gasteiger partial charge in [0.05, 0.1) is 36.4 Å². The first-order valence-electron chi connectivity index (χ1n) is 15.2. The molecule has 1 aliphatic rings. The number of rotatable bonds is 10. The molecule has 0 radical (unpaired) electrons. The Balaban J connectivity index is 0.000000197. The summed E-state index contributed by atoms with van der Waals surface area (Å²) in [5.41, 5.74) is 6.00. The monoisotopic (exact) mass is 629 g/mol. The zero-order valence-electron chi connectivity index (χ0n) is 27.1. The van der Waals surface area contributed by atoms with Gasteiger partial charge in [-0.3, -0.25) is 14.4 Å². The lowest BCUT2D eigenvalue weighted by Gasteiger charge is -2.08. The lowest BCUT2D eigenvalue weighted by molar-refractivity contribution is -0.108. The van der Waals surface area contributed by atoms with Gasteiger partial charge in [-0.2, -0.15) is 5.10 Å². The van der Waals surface area contributed by atoms with Crippen LogP contribution in [0.15, 0.2) is 53.8 Å². The summed E-state index contributed by atoms with van der Waals surface area (Å²) in [6.07, 6.45) is 8.71. The minimum Gasteiger partial charge on any atom is -0.386 e. The summed E-state index contributed by atoms with van der Waals surface area (Å²) in [4.78, 5) is 41.7. The number of benzene rings is 1. The van der Waals surface area contributed by atoms with Crippen LogP contribution in [0.25, 0.3) is 22.2 Å². The third-order valence-corrected chi connectivity index (χ3v) is 7.39. The molecular weight excluding hydrogens is 586 g/mol. The molecule has 5 heterocycles. The molecule has 0 saturated carbocycles. The number of nitrogens with one attached hydrogen (secondary N) is 5. The second kappa shape index (κ2) is 16.8. The Kier molecular flexibility index (Phi) is 12.4. The number of hydrogen-bond donors (Lipinski definition) is 5. The molecule has 1 aromatic carbocycles. The Hall–Kier alpha value is -5.08. The fourth-order valence-electron chi connectivity index (χ4n) is 4.89. The number of aromatic nitrogens is 7. The molecule has 244 valence electrons. The second-order valence-corrected chi connectivity index (χ2v) is 10.7. The number of H-pyrrole nitrogens is 2. The van der Waals surface area contributed by atoms with Crippen LogP contribution in [-0.4, -0.2) is 92.8 Å². The lowest BCUT2D eigenvalue weighted by atomic mass is 10.1. The summed E-state index contributed by atoms with van der Waals surface area (Å²) in [5.74, 6) is 1.83. The van der Waals surface area contributed by atoms with Crippen molar-refractivity contribution in [3.8, 4) is 11.3 Å². The van der Waals surface area contributed by atoms with E-state index >= 15 is 0 Å². The van der Waals surface area contributed by atoms with Gasteiger partial charge in [0.1, 0.15) is 12.1 Å². The maximum atomic E-state index is 10.8. The standard InChI is InChI=1S/C19H21N7.C7H11N3O2.C6H11NO/c1-11-9-22-19(23-16-8-12(2)26(4)25-16)24-17(11)14-10-21-18-13(14)6-5-7-15(18)20-3;1-12-3-2-8-6-4-7(11)10-5-9-6;8-6-5-7-3-1-2-4-7/h5-10,20-21H,1-4H3,(H,22,23,24,25);4-5H,2-3H2,1H3,(H2,8,9,10,11);6H,1-5H2. The molecule has 1 saturated heterocycles. The second-order valence-electron chi connectivity index (χ2n) is 10.7. The van der Waals surface area contributed by atoms with E-state index in [0.717, 1.165) is 64.3 Å². The van der Waals surface area contributed by atoms with Gasteiger partial charge >= 0.3 is 0 Å². The molecule has 14 nitrogen and oxygen atoms in total. The van der Waals surface area contributed by atoms with E-state index in [1.54, 1.807) is 7.11 Å². The Morgan fingerprint density at radius 2 is 1.89 bits per heavy atom. The van der Waals surface area contributed by atoms with E-state index in [1.165, 1.54) is 25.2 Å². The van der Waals surface area contributed by atoms with Crippen molar-refractivity contribution in [2.75, 3.05) is 62.9 Å². The normalized spacial score (nSPS) is 12.5. The topological polar surface area (TPSA) is 171 Å².